The second kappa shape index (κ2) is 9.16. The number of carbonyl (C=O) groups excluding carboxylic acids is 2. The summed E-state index contributed by atoms with van der Waals surface area (Å²) in [5.74, 6) is 2.04. The number of ether oxygens (including phenoxy) is 3. The zero-order chi connectivity index (χ0) is 21.8. The monoisotopic (exact) mass is 425 g/mol. The molecule has 2 aliphatic heterocycles. The maximum Gasteiger partial charge on any atom is 0.322 e. The highest BCUT2D eigenvalue weighted by molar-refractivity contribution is 5.98. The molecule has 1 saturated heterocycles. The first-order valence-corrected chi connectivity index (χ1v) is 10.6. The van der Waals surface area contributed by atoms with Crippen molar-refractivity contribution in [3.8, 4) is 17.2 Å². The average molecular weight is 425 g/mol. The molecule has 2 heterocycles. The number of urea groups is 1. The molecule has 0 aromatic heterocycles. The fraction of sp³-hybridized carbons (Fsp3) is 0.391. The van der Waals surface area contributed by atoms with Crippen LogP contribution in [-0.4, -0.2) is 50.9 Å². The molecule has 0 spiro atoms. The lowest BCUT2D eigenvalue weighted by Gasteiger charge is -2.24. The van der Waals surface area contributed by atoms with Gasteiger partial charge in [0.05, 0.1) is 12.6 Å². The zero-order valence-electron chi connectivity index (χ0n) is 17.8. The topological polar surface area (TPSA) is 80.3 Å². The minimum atomic E-state index is -0.273. The van der Waals surface area contributed by atoms with Crippen LogP contribution < -0.4 is 29.3 Å². The Balaban J connectivity index is 1.41. The lowest BCUT2D eigenvalue weighted by Crippen LogP contribution is -2.46. The van der Waals surface area contributed by atoms with Gasteiger partial charge in [-0.15, -0.1) is 0 Å². The highest BCUT2D eigenvalue weighted by atomic mass is 16.6. The molecule has 4 rings (SSSR count). The third-order valence-corrected chi connectivity index (χ3v) is 5.31. The lowest BCUT2D eigenvalue weighted by molar-refractivity contribution is -0.117. The number of hydrogen-bond acceptors (Lipinski definition) is 5. The summed E-state index contributed by atoms with van der Waals surface area (Å²) in [7, 11) is 0. The van der Waals surface area contributed by atoms with Gasteiger partial charge >= 0.3 is 6.03 Å². The molecule has 2 aliphatic rings. The van der Waals surface area contributed by atoms with Gasteiger partial charge < -0.3 is 24.4 Å². The molecule has 2 aromatic carbocycles. The maximum absolute atomic E-state index is 12.9. The zero-order valence-corrected chi connectivity index (χ0v) is 17.8. The van der Waals surface area contributed by atoms with Crippen LogP contribution in [0, 0.1) is 0 Å². The molecule has 1 atom stereocenters. The summed E-state index contributed by atoms with van der Waals surface area (Å²) in [5.41, 5.74) is 1.52. The Hall–Kier alpha value is -3.42. The largest absolute Gasteiger partial charge is 0.494 e. The second-order valence-corrected chi connectivity index (χ2v) is 7.35. The number of nitrogens with one attached hydrogen (secondary N) is 1. The highest BCUT2D eigenvalue weighted by Crippen LogP contribution is 2.35. The molecule has 3 amide bonds. The van der Waals surface area contributed by atoms with Crippen molar-refractivity contribution in [2.75, 3.05) is 42.7 Å². The first-order valence-electron chi connectivity index (χ1n) is 10.6. The van der Waals surface area contributed by atoms with E-state index < -0.39 is 0 Å². The molecule has 31 heavy (non-hydrogen) atoms. The Morgan fingerprint density at radius 2 is 1.87 bits per heavy atom. The van der Waals surface area contributed by atoms with E-state index in [9.17, 15) is 9.59 Å². The van der Waals surface area contributed by atoms with Gasteiger partial charge in [0.2, 0.25) is 5.91 Å². The van der Waals surface area contributed by atoms with E-state index in [2.05, 4.69) is 5.32 Å². The van der Waals surface area contributed by atoms with Crippen LogP contribution in [0.15, 0.2) is 42.5 Å². The predicted octanol–water partition coefficient (Wildman–Crippen LogP) is 3.20. The fourth-order valence-electron chi connectivity index (χ4n) is 3.84. The van der Waals surface area contributed by atoms with Gasteiger partial charge in [-0.05, 0) is 50.2 Å². The van der Waals surface area contributed by atoms with E-state index in [0.717, 1.165) is 17.1 Å². The van der Waals surface area contributed by atoms with Crippen LogP contribution in [0.25, 0.3) is 0 Å². The number of anilines is 2. The van der Waals surface area contributed by atoms with Gasteiger partial charge in [0, 0.05) is 37.0 Å². The van der Waals surface area contributed by atoms with Crippen molar-refractivity contribution < 1.29 is 23.8 Å². The number of hydrogen-bond donors (Lipinski definition) is 1. The molecule has 8 heteroatoms. The van der Waals surface area contributed by atoms with Gasteiger partial charge in [0.1, 0.15) is 19.0 Å². The van der Waals surface area contributed by atoms with Crippen LogP contribution in [0.5, 0.6) is 17.2 Å². The molecule has 1 N–H and O–H groups in total. The van der Waals surface area contributed by atoms with E-state index in [4.69, 9.17) is 14.2 Å². The van der Waals surface area contributed by atoms with Crippen molar-refractivity contribution in [2.45, 2.75) is 26.3 Å². The highest BCUT2D eigenvalue weighted by Gasteiger charge is 2.33. The Labute approximate surface area is 181 Å². The molecule has 0 saturated carbocycles. The van der Waals surface area contributed by atoms with Crippen molar-refractivity contribution in [2.24, 2.45) is 0 Å². The van der Waals surface area contributed by atoms with Crippen molar-refractivity contribution in [1.82, 2.24) is 5.32 Å². The molecule has 1 fully saturated rings. The molecule has 164 valence electrons. The van der Waals surface area contributed by atoms with Gasteiger partial charge in [0.15, 0.2) is 11.5 Å². The third-order valence-electron chi connectivity index (χ3n) is 5.31. The summed E-state index contributed by atoms with van der Waals surface area (Å²) < 4.78 is 16.6. The molecule has 0 bridgehead atoms. The van der Waals surface area contributed by atoms with Gasteiger partial charge in [-0.25, -0.2) is 4.79 Å². The minimum Gasteiger partial charge on any atom is -0.494 e. The molecule has 0 unspecified atom stereocenters. The minimum absolute atomic E-state index is 0.0360. The molecule has 2 aromatic rings. The third kappa shape index (κ3) is 4.52. The summed E-state index contributed by atoms with van der Waals surface area (Å²) in [5, 5.41) is 3.00. The summed E-state index contributed by atoms with van der Waals surface area (Å²) >= 11 is 0. The summed E-state index contributed by atoms with van der Waals surface area (Å²) in [6.45, 7) is 6.35. The Kier molecular flexibility index (Phi) is 6.16. The smallest absolute Gasteiger partial charge is 0.322 e. The standard InChI is InChI=1S/C23H27N3O5/c1-3-25(17-5-8-19(9-6-17)29-4-2)23(28)24-16-13-22(27)26(15-16)18-7-10-20-21(14-18)31-12-11-30-20/h5-10,14,16H,3-4,11-13,15H2,1-2H3,(H,24,28)/t16-/m0/s1. The van der Waals surface area contributed by atoms with E-state index in [1.54, 1.807) is 9.80 Å². The van der Waals surface area contributed by atoms with Gasteiger partial charge in [-0.2, -0.15) is 0 Å². The van der Waals surface area contributed by atoms with Crippen LogP contribution in [0.4, 0.5) is 16.2 Å². The van der Waals surface area contributed by atoms with E-state index in [-0.39, 0.29) is 24.4 Å². The van der Waals surface area contributed by atoms with Crippen molar-refractivity contribution in [3.05, 3.63) is 42.5 Å². The number of carbonyl (C=O) groups is 2. The van der Waals surface area contributed by atoms with E-state index in [0.29, 0.717) is 44.4 Å². The van der Waals surface area contributed by atoms with Crippen LogP contribution in [0.1, 0.15) is 20.3 Å². The SMILES string of the molecule is CCOc1ccc(N(CC)C(=O)N[C@H]2CC(=O)N(c3ccc4c(c3)OCCO4)C2)cc1. The van der Waals surface area contributed by atoms with Crippen molar-refractivity contribution in [1.29, 1.82) is 0 Å². The lowest BCUT2D eigenvalue weighted by atomic mass is 10.2. The van der Waals surface area contributed by atoms with E-state index >= 15 is 0 Å². The maximum atomic E-state index is 12.9. The number of amides is 3. The Morgan fingerprint density at radius 3 is 2.58 bits per heavy atom. The first-order chi connectivity index (χ1) is 15.1. The fourth-order valence-corrected chi connectivity index (χ4v) is 3.84. The van der Waals surface area contributed by atoms with Crippen LogP contribution in [0.3, 0.4) is 0 Å². The Morgan fingerprint density at radius 1 is 1.13 bits per heavy atom. The van der Waals surface area contributed by atoms with E-state index in [1.807, 2.05) is 56.3 Å². The number of nitrogens with zero attached hydrogens (tertiary/aromatic N) is 2. The summed E-state index contributed by atoms with van der Waals surface area (Å²) in [4.78, 5) is 28.8. The number of benzene rings is 2. The van der Waals surface area contributed by atoms with Gasteiger partial charge in [0.25, 0.3) is 0 Å². The summed E-state index contributed by atoms with van der Waals surface area (Å²) in [6, 6.07) is 12.4. The van der Waals surface area contributed by atoms with Crippen molar-refractivity contribution >= 4 is 23.3 Å². The number of rotatable bonds is 6. The van der Waals surface area contributed by atoms with Crippen LogP contribution >= 0.6 is 0 Å². The van der Waals surface area contributed by atoms with Gasteiger partial charge in [-0.1, -0.05) is 0 Å². The molecule has 8 nitrogen and oxygen atoms in total. The van der Waals surface area contributed by atoms with E-state index in [1.165, 1.54) is 0 Å². The predicted molar refractivity (Wildman–Crippen MR) is 117 cm³/mol. The normalized spacial score (nSPS) is 17.4. The summed E-state index contributed by atoms with van der Waals surface area (Å²) in [6.07, 6.45) is 0.251. The van der Waals surface area contributed by atoms with Crippen LogP contribution in [0.2, 0.25) is 0 Å². The van der Waals surface area contributed by atoms with Gasteiger partial charge in [-0.3, -0.25) is 9.69 Å². The molecule has 0 aliphatic carbocycles. The van der Waals surface area contributed by atoms with Crippen LogP contribution in [-0.2, 0) is 4.79 Å². The second-order valence-electron chi connectivity index (χ2n) is 7.35. The molecular weight excluding hydrogens is 398 g/mol. The van der Waals surface area contributed by atoms with Crippen molar-refractivity contribution in [3.63, 3.8) is 0 Å². The Bertz CT molecular complexity index is 947. The average Bonchev–Trinajstić information content (AvgIpc) is 3.15. The number of fused-ring (bicyclic) bond motifs is 1. The first kappa shape index (κ1) is 20.8. The molecular formula is C23H27N3O5. The quantitative estimate of drug-likeness (QED) is 0.769. The molecule has 0 radical (unpaired) electrons.